The number of nitrogens with zero attached hydrogens (tertiary/aromatic N) is 5. The molecule has 0 amide bonds. The number of anilines is 1. The summed E-state index contributed by atoms with van der Waals surface area (Å²) < 4.78 is 0. The summed E-state index contributed by atoms with van der Waals surface area (Å²) in [6.07, 6.45) is 0. The number of hydrogen-bond acceptors (Lipinski definition) is 6. The molecule has 0 radical (unpaired) electrons. The van der Waals surface area contributed by atoms with Crippen LogP contribution in [0.25, 0.3) is 0 Å². The third-order valence-corrected chi connectivity index (χ3v) is 3.35. The molecule has 1 aliphatic heterocycles. The molecule has 1 aliphatic rings. The monoisotopic (exact) mass is 250 g/mol. The minimum absolute atomic E-state index is 0.201. The van der Waals surface area contributed by atoms with Gasteiger partial charge in [0.1, 0.15) is 5.82 Å². The van der Waals surface area contributed by atoms with E-state index in [-0.39, 0.29) is 12.0 Å². The van der Waals surface area contributed by atoms with Crippen LogP contribution in [0.2, 0.25) is 0 Å². The Balaban J connectivity index is 2.31. The molecule has 0 aromatic carbocycles. The van der Waals surface area contributed by atoms with E-state index in [1.165, 1.54) is 0 Å². The van der Waals surface area contributed by atoms with Gasteiger partial charge in [0.25, 0.3) is 0 Å². The molecule has 1 aromatic heterocycles. The van der Waals surface area contributed by atoms with Gasteiger partial charge in [-0.25, -0.2) is 4.98 Å². The molecule has 2 rings (SSSR count). The van der Waals surface area contributed by atoms with Crippen LogP contribution in [0.1, 0.15) is 37.5 Å². The maximum Gasteiger partial charge on any atom is 0.223 e. The van der Waals surface area contributed by atoms with Crippen molar-refractivity contribution in [1.82, 2.24) is 24.8 Å². The van der Waals surface area contributed by atoms with Gasteiger partial charge in [-0.05, 0) is 14.1 Å². The van der Waals surface area contributed by atoms with Crippen LogP contribution in [0.5, 0.6) is 0 Å². The van der Waals surface area contributed by atoms with Crippen LogP contribution in [-0.4, -0.2) is 58.5 Å². The first kappa shape index (κ1) is 13.2. The van der Waals surface area contributed by atoms with Gasteiger partial charge in [-0.15, -0.1) is 0 Å². The van der Waals surface area contributed by atoms with Gasteiger partial charge in [-0.2, -0.15) is 9.97 Å². The molecule has 1 aromatic rings. The average molecular weight is 250 g/mol. The van der Waals surface area contributed by atoms with Crippen molar-refractivity contribution in [2.45, 2.75) is 25.8 Å². The van der Waals surface area contributed by atoms with E-state index in [0.29, 0.717) is 5.95 Å². The molecule has 6 heteroatoms. The molecular formula is C12H22N6. The van der Waals surface area contributed by atoms with Crippen molar-refractivity contribution >= 4 is 5.95 Å². The predicted octanol–water partition coefficient (Wildman–Crippen LogP) is 0.496. The Bertz CT molecular complexity index is 419. The minimum Gasteiger partial charge on any atom is -0.368 e. The first-order chi connectivity index (χ1) is 8.47. The average Bonchev–Trinajstić information content (AvgIpc) is 2.31. The number of piperazine rings is 1. The van der Waals surface area contributed by atoms with Gasteiger partial charge >= 0.3 is 0 Å². The second-order valence-corrected chi connectivity index (χ2v) is 5.32. The third-order valence-electron chi connectivity index (χ3n) is 3.35. The molecule has 2 N–H and O–H groups in total. The highest BCUT2D eigenvalue weighted by Gasteiger charge is 2.27. The van der Waals surface area contributed by atoms with E-state index in [1.807, 2.05) is 0 Å². The third kappa shape index (κ3) is 2.76. The second-order valence-electron chi connectivity index (χ2n) is 5.32. The number of hydrogen-bond donors (Lipinski definition) is 1. The van der Waals surface area contributed by atoms with Gasteiger partial charge in [0.15, 0.2) is 5.82 Å². The van der Waals surface area contributed by atoms with Gasteiger partial charge in [0, 0.05) is 25.6 Å². The molecule has 0 saturated carbocycles. The molecule has 1 fully saturated rings. The number of likely N-dealkylation sites (N-methyl/N-ethyl adjacent to an activating group) is 2. The highest BCUT2D eigenvalue weighted by atomic mass is 15.3. The Morgan fingerprint density at radius 3 is 2.56 bits per heavy atom. The van der Waals surface area contributed by atoms with Crippen molar-refractivity contribution in [1.29, 1.82) is 0 Å². The number of rotatable bonds is 2. The Kier molecular flexibility index (Phi) is 3.77. The van der Waals surface area contributed by atoms with E-state index in [9.17, 15) is 0 Å². The topological polar surface area (TPSA) is 71.2 Å². The zero-order valence-corrected chi connectivity index (χ0v) is 11.6. The highest BCUT2D eigenvalue weighted by Crippen LogP contribution is 2.22. The molecule has 1 atom stereocenters. The molecule has 18 heavy (non-hydrogen) atoms. The summed E-state index contributed by atoms with van der Waals surface area (Å²) in [4.78, 5) is 17.6. The second kappa shape index (κ2) is 5.16. The summed E-state index contributed by atoms with van der Waals surface area (Å²) in [5, 5.41) is 0. The lowest BCUT2D eigenvalue weighted by Crippen LogP contribution is -2.45. The van der Waals surface area contributed by atoms with Crippen LogP contribution in [0.15, 0.2) is 0 Å². The van der Waals surface area contributed by atoms with Crippen LogP contribution in [-0.2, 0) is 0 Å². The van der Waals surface area contributed by atoms with Gasteiger partial charge < -0.3 is 10.6 Å². The molecular weight excluding hydrogens is 228 g/mol. The van der Waals surface area contributed by atoms with E-state index in [4.69, 9.17) is 5.73 Å². The lowest BCUT2D eigenvalue weighted by atomic mass is 10.1. The van der Waals surface area contributed by atoms with Gasteiger partial charge in [-0.3, -0.25) is 4.90 Å². The van der Waals surface area contributed by atoms with E-state index < -0.39 is 0 Å². The molecule has 0 spiro atoms. The number of nitrogen functional groups attached to an aromatic ring is 1. The standard InChI is InChI=1S/C12H22N6/c1-8(2)10-14-11(16-12(13)15-10)9-7-17(3)5-6-18(9)4/h8-9H,5-7H2,1-4H3,(H2,13,14,15,16). The highest BCUT2D eigenvalue weighted by molar-refractivity contribution is 5.19. The summed E-state index contributed by atoms with van der Waals surface area (Å²) in [5.74, 6) is 2.16. The van der Waals surface area contributed by atoms with Crippen molar-refractivity contribution in [3.8, 4) is 0 Å². The SMILES string of the molecule is CC(C)c1nc(N)nc(C2CN(C)CCN2C)n1. The zero-order valence-electron chi connectivity index (χ0n) is 11.6. The fourth-order valence-electron chi connectivity index (χ4n) is 2.12. The van der Waals surface area contributed by atoms with Crippen LogP contribution < -0.4 is 5.73 Å². The van der Waals surface area contributed by atoms with E-state index >= 15 is 0 Å². The van der Waals surface area contributed by atoms with Crippen molar-refractivity contribution in [2.24, 2.45) is 0 Å². The van der Waals surface area contributed by atoms with Gasteiger partial charge in [0.05, 0.1) is 6.04 Å². The molecule has 100 valence electrons. The molecule has 1 unspecified atom stereocenters. The van der Waals surface area contributed by atoms with Crippen molar-refractivity contribution < 1.29 is 0 Å². The maximum absolute atomic E-state index is 5.79. The quantitative estimate of drug-likeness (QED) is 0.824. The Morgan fingerprint density at radius 2 is 1.89 bits per heavy atom. The lowest BCUT2D eigenvalue weighted by molar-refractivity contribution is 0.109. The molecule has 0 bridgehead atoms. The zero-order chi connectivity index (χ0) is 13.3. The molecule has 2 heterocycles. The summed E-state index contributed by atoms with van der Waals surface area (Å²) in [7, 11) is 4.22. The molecule has 0 aliphatic carbocycles. The van der Waals surface area contributed by atoms with Gasteiger partial charge in [0.2, 0.25) is 5.95 Å². The Morgan fingerprint density at radius 1 is 1.17 bits per heavy atom. The Hall–Kier alpha value is -1.27. The minimum atomic E-state index is 0.201. The largest absolute Gasteiger partial charge is 0.368 e. The Labute approximate surface area is 108 Å². The van der Waals surface area contributed by atoms with Gasteiger partial charge in [-0.1, -0.05) is 13.8 Å². The first-order valence-corrected chi connectivity index (χ1v) is 6.37. The van der Waals surface area contributed by atoms with E-state index in [1.54, 1.807) is 0 Å². The fraction of sp³-hybridized carbons (Fsp3) is 0.750. The van der Waals surface area contributed by atoms with Crippen molar-refractivity contribution in [3.05, 3.63) is 11.6 Å². The molecule has 1 saturated heterocycles. The molecule has 6 nitrogen and oxygen atoms in total. The first-order valence-electron chi connectivity index (χ1n) is 6.37. The number of aromatic nitrogens is 3. The predicted molar refractivity (Wildman–Crippen MR) is 71.2 cm³/mol. The normalized spacial score (nSPS) is 22.6. The van der Waals surface area contributed by atoms with Crippen molar-refractivity contribution in [2.75, 3.05) is 39.5 Å². The summed E-state index contributed by atoms with van der Waals surface area (Å²) in [6.45, 7) is 7.15. The summed E-state index contributed by atoms with van der Waals surface area (Å²) >= 11 is 0. The van der Waals surface area contributed by atoms with Crippen molar-refractivity contribution in [3.63, 3.8) is 0 Å². The smallest absolute Gasteiger partial charge is 0.223 e. The maximum atomic E-state index is 5.79. The van der Waals surface area contributed by atoms with E-state index in [2.05, 4.69) is 52.7 Å². The lowest BCUT2D eigenvalue weighted by Gasteiger charge is -2.36. The van der Waals surface area contributed by atoms with Crippen LogP contribution in [0.3, 0.4) is 0 Å². The summed E-state index contributed by atoms with van der Waals surface area (Å²) in [6, 6.07) is 0.201. The van der Waals surface area contributed by atoms with Crippen LogP contribution in [0.4, 0.5) is 5.95 Å². The number of nitrogens with two attached hydrogens (primary N) is 1. The van der Waals surface area contributed by atoms with Crippen LogP contribution in [0, 0.1) is 0 Å². The summed E-state index contributed by atoms with van der Waals surface area (Å²) in [5.41, 5.74) is 5.79. The van der Waals surface area contributed by atoms with E-state index in [0.717, 1.165) is 31.3 Å². The van der Waals surface area contributed by atoms with Crippen LogP contribution >= 0.6 is 0 Å². The fourth-order valence-corrected chi connectivity index (χ4v) is 2.12.